The van der Waals surface area contributed by atoms with Gasteiger partial charge in [-0.15, -0.1) is 0 Å². The molecule has 102 valence electrons. The van der Waals surface area contributed by atoms with Crippen molar-refractivity contribution in [2.24, 2.45) is 0 Å². The van der Waals surface area contributed by atoms with Crippen molar-refractivity contribution in [3.8, 4) is 0 Å². The maximum absolute atomic E-state index is 12.7. The first-order chi connectivity index (χ1) is 9.51. The number of benzene rings is 2. The summed E-state index contributed by atoms with van der Waals surface area (Å²) in [7, 11) is -3.61. The number of rotatable bonds is 2. The van der Waals surface area contributed by atoms with Gasteiger partial charge in [0.25, 0.3) is 10.0 Å². The van der Waals surface area contributed by atoms with Gasteiger partial charge in [-0.25, -0.2) is 12.4 Å². The lowest BCUT2D eigenvalue weighted by Gasteiger charge is -2.07. The van der Waals surface area contributed by atoms with Crippen molar-refractivity contribution < 1.29 is 8.42 Å². The molecule has 3 rings (SSSR count). The summed E-state index contributed by atoms with van der Waals surface area (Å²) in [4.78, 5) is 0.258. The van der Waals surface area contributed by atoms with Crippen LogP contribution in [-0.4, -0.2) is 12.4 Å². The zero-order chi connectivity index (χ0) is 14.3. The molecule has 0 aliphatic heterocycles. The van der Waals surface area contributed by atoms with Gasteiger partial charge >= 0.3 is 0 Å². The molecule has 0 unspecified atom stereocenters. The van der Waals surface area contributed by atoms with Gasteiger partial charge in [-0.1, -0.05) is 35.9 Å². The fraction of sp³-hybridized carbons (Fsp3) is 0. The third-order valence-corrected chi connectivity index (χ3v) is 5.82. The van der Waals surface area contributed by atoms with Crippen LogP contribution >= 0.6 is 34.2 Å². The Morgan fingerprint density at radius 3 is 2.40 bits per heavy atom. The number of hydrogen-bond acceptors (Lipinski definition) is 2. The van der Waals surface area contributed by atoms with Crippen LogP contribution in [0.25, 0.3) is 10.9 Å². The third kappa shape index (κ3) is 2.13. The van der Waals surface area contributed by atoms with Crippen LogP contribution in [0.1, 0.15) is 0 Å². The van der Waals surface area contributed by atoms with E-state index in [4.69, 9.17) is 11.6 Å². The number of hydrogen-bond donors (Lipinski definition) is 0. The van der Waals surface area contributed by atoms with E-state index in [1.165, 1.54) is 3.97 Å². The van der Waals surface area contributed by atoms with E-state index in [1.54, 1.807) is 54.7 Å². The molecule has 0 N–H and O–H groups in total. The van der Waals surface area contributed by atoms with Crippen LogP contribution in [0.2, 0.25) is 5.02 Å². The summed E-state index contributed by atoms with van der Waals surface area (Å²) in [5, 5.41) is 1.31. The Hall–Kier alpha value is -1.05. The third-order valence-electron chi connectivity index (χ3n) is 3.00. The minimum absolute atomic E-state index is 0.258. The Morgan fingerprint density at radius 1 is 1.00 bits per heavy atom. The molecule has 0 bridgehead atoms. The van der Waals surface area contributed by atoms with Crippen LogP contribution in [0, 0.1) is 3.57 Å². The van der Waals surface area contributed by atoms with E-state index in [-0.39, 0.29) is 4.90 Å². The molecule has 20 heavy (non-hydrogen) atoms. The van der Waals surface area contributed by atoms with Crippen LogP contribution < -0.4 is 0 Å². The summed E-state index contributed by atoms with van der Waals surface area (Å²) in [5.74, 6) is 0. The van der Waals surface area contributed by atoms with Crippen molar-refractivity contribution in [2.45, 2.75) is 4.90 Å². The molecule has 0 aliphatic rings. The molecular weight excluding hydrogens is 409 g/mol. The zero-order valence-corrected chi connectivity index (χ0v) is 13.9. The Kier molecular flexibility index (Phi) is 3.51. The quantitative estimate of drug-likeness (QED) is 0.588. The molecule has 0 fully saturated rings. The lowest BCUT2D eigenvalue weighted by atomic mass is 10.2. The lowest BCUT2D eigenvalue weighted by Crippen LogP contribution is -2.11. The second-order valence-corrected chi connectivity index (χ2v) is 7.61. The van der Waals surface area contributed by atoms with Crippen LogP contribution in [0.15, 0.2) is 59.6 Å². The van der Waals surface area contributed by atoms with E-state index in [0.717, 1.165) is 8.96 Å². The Morgan fingerprint density at radius 2 is 1.70 bits per heavy atom. The highest BCUT2D eigenvalue weighted by Crippen LogP contribution is 2.31. The molecule has 0 aliphatic carbocycles. The normalized spacial score (nSPS) is 11.9. The number of fused-ring (bicyclic) bond motifs is 1. The molecule has 0 saturated heterocycles. The zero-order valence-electron chi connectivity index (χ0n) is 10.1. The second-order valence-electron chi connectivity index (χ2n) is 4.22. The van der Waals surface area contributed by atoms with Gasteiger partial charge in [0.15, 0.2) is 0 Å². The maximum atomic E-state index is 12.7. The average Bonchev–Trinajstić information content (AvgIpc) is 2.79. The maximum Gasteiger partial charge on any atom is 0.268 e. The van der Waals surface area contributed by atoms with E-state index in [1.807, 2.05) is 0 Å². The van der Waals surface area contributed by atoms with E-state index in [0.29, 0.717) is 10.5 Å². The highest BCUT2D eigenvalue weighted by atomic mass is 127. The predicted octanol–water partition coefficient (Wildman–Crippen LogP) is 4.14. The molecule has 0 spiro atoms. The van der Waals surface area contributed by atoms with E-state index >= 15 is 0 Å². The van der Waals surface area contributed by atoms with Crippen molar-refractivity contribution in [1.29, 1.82) is 0 Å². The first-order valence-electron chi connectivity index (χ1n) is 5.77. The summed E-state index contributed by atoms with van der Waals surface area (Å²) in [5.41, 5.74) is 0.589. The van der Waals surface area contributed by atoms with E-state index in [9.17, 15) is 8.42 Å². The van der Waals surface area contributed by atoms with Crippen LogP contribution in [0.3, 0.4) is 0 Å². The Balaban J connectivity index is 2.34. The molecule has 1 aromatic heterocycles. The summed E-state index contributed by atoms with van der Waals surface area (Å²) >= 11 is 8.25. The molecule has 1 heterocycles. The average molecular weight is 418 g/mol. The second kappa shape index (κ2) is 5.05. The minimum atomic E-state index is -3.61. The van der Waals surface area contributed by atoms with Crippen LogP contribution in [0.5, 0.6) is 0 Å². The summed E-state index contributed by atoms with van der Waals surface area (Å²) in [6.45, 7) is 0. The standard InChI is InChI=1S/C14H9ClINO2S/c15-11-7-4-8-13-14(11)12(16)9-17(13)20(18,19)10-5-2-1-3-6-10/h1-9H. The molecule has 2 aromatic carbocycles. The smallest absolute Gasteiger partial charge is 0.240 e. The van der Waals surface area contributed by atoms with Crippen molar-refractivity contribution in [1.82, 2.24) is 3.97 Å². The highest BCUT2D eigenvalue weighted by molar-refractivity contribution is 14.1. The molecule has 0 amide bonds. The first-order valence-corrected chi connectivity index (χ1v) is 8.67. The monoisotopic (exact) mass is 417 g/mol. The summed E-state index contributed by atoms with van der Waals surface area (Å²) in [6, 6.07) is 13.6. The first kappa shape index (κ1) is 13.9. The number of halogens is 2. The molecular formula is C14H9ClINO2S. The fourth-order valence-corrected chi connectivity index (χ4v) is 4.92. The molecule has 0 radical (unpaired) electrons. The molecule has 0 saturated carbocycles. The van der Waals surface area contributed by atoms with Gasteiger partial charge in [0.2, 0.25) is 0 Å². The van der Waals surface area contributed by atoms with Gasteiger partial charge in [-0.2, -0.15) is 0 Å². The van der Waals surface area contributed by atoms with Gasteiger partial charge in [-0.3, -0.25) is 0 Å². The van der Waals surface area contributed by atoms with E-state index < -0.39 is 10.0 Å². The largest absolute Gasteiger partial charge is 0.268 e. The van der Waals surface area contributed by atoms with Gasteiger partial charge in [0, 0.05) is 15.2 Å². The van der Waals surface area contributed by atoms with Gasteiger partial charge in [0.05, 0.1) is 15.4 Å². The highest BCUT2D eigenvalue weighted by Gasteiger charge is 2.21. The lowest BCUT2D eigenvalue weighted by molar-refractivity contribution is 0.589. The van der Waals surface area contributed by atoms with E-state index in [2.05, 4.69) is 22.6 Å². The van der Waals surface area contributed by atoms with Gasteiger partial charge in [0.1, 0.15) is 0 Å². The molecule has 0 atom stereocenters. The summed E-state index contributed by atoms with van der Waals surface area (Å²) < 4.78 is 27.5. The van der Waals surface area contributed by atoms with Crippen molar-refractivity contribution in [3.05, 3.63) is 63.3 Å². The molecule has 6 heteroatoms. The minimum Gasteiger partial charge on any atom is -0.240 e. The number of nitrogens with zero attached hydrogens (tertiary/aromatic N) is 1. The SMILES string of the molecule is O=S(=O)(c1ccccc1)n1cc(I)c2c(Cl)cccc21. The van der Waals surface area contributed by atoms with Crippen molar-refractivity contribution in [2.75, 3.05) is 0 Å². The van der Waals surface area contributed by atoms with Crippen LogP contribution in [-0.2, 0) is 10.0 Å². The number of aromatic nitrogens is 1. The molecule has 3 aromatic rings. The van der Waals surface area contributed by atoms with Gasteiger partial charge < -0.3 is 0 Å². The topological polar surface area (TPSA) is 39.1 Å². The predicted molar refractivity (Wildman–Crippen MR) is 88.7 cm³/mol. The van der Waals surface area contributed by atoms with Crippen molar-refractivity contribution >= 4 is 55.1 Å². The van der Waals surface area contributed by atoms with Crippen LogP contribution in [0.4, 0.5) is 0 Å². The summed E-state index contributed by atoms with van der Waals surface area (Å²) in [6.07, 6.45) is 1.60. The fourth-order valence-electron chi connectivity index (χ4n) is 2.07. The molecule has 3 nitrogen and oxygen atoms in total. The van der Waals surface area contributed by atoms with Gasteiger partial charge in [-0.05, 0) is 46.9 Å². The van der Waals surface area contributed by atoms with Crippen molar-refractivity contribution in [3.63, 3.8) is 0 Å². The Labute approximate surface area is 135 Å². The Bertz CT molecular complexity index is 888.